The third kappa shape index (κ3) is 4.93. The van der Waals surface area contributed by atoms with E-state index in [1.54, 1.807) is 0 Å². The number of thiol groups is 1. The summed E-state index contributed by atoms with van der Waals surface area (Å²) in [6, 6.07) is 9.49. The Hall–Kier alpha value is -2.97. The van der Waals surface area contributed by atoms with Crippen LogP contribution in [0.3, 0.4) is 0 Å². The molecule has 218 valence electrons. The van der Waals surface area contributed by atoms with E-state index in [1.807, 2.05) is 23.1 Å². The molecule has 4 aliphatic rings. The second-order valence-corrected chi connectivity index (χ2v) is 12.2. The number of aryl methyl sites for hydroxylation is 1. The number of hydrogen-bond acceptors (Lipinski definition) is 7. The molecule has 41 heavy (non-hydrogen) atoms. The van der Waals surface area contributed by atoms with Gasteiger partial charge in [-0.3, -0.25) is 9.69 Å². The number of anilines is 2. The van der Waals surface area contributed by atoms with Crippen LogP contribution in [-0.4, -0.2) is 40.6 Å². The van der Waals surface area contributed by atoms with E-state index in [0.717, 1.165) is 48.5 Å². The van der Waals surface area contributed by atoms with Crippen LogP contribution in [0.5, 0.6) is 5.75 Å². The average molecular weight is 586 g/mol. The number of benzene rings is 1. The number of nitrogens with zero attached hydrogens (tertiary/aromatic N) is 4. The molecule has 3 aliphatic heterocycles. The number of hydrogen-bond donors (Lipinski definition) is 2. The van der Waals surface area contributed by atoms with Crippen molar-refractivity contribution in [2.75, 3.05) is 16.4 Å². The lowest BCUT2D eigenvalue weighted by Crippen LogP contribution is -2.55. The van der Waals surface area contributed by atoms with Crippen LogP contribution in [0.1, 0.15) is 75.1 Å². The first kappa shape index (κ1) is 28.2. The summed E-state index contributed by atoms with van der Waals surface area (Å²) in [6.45, 7) is 2.70. The SMILES string of the molecule is CCc1cc(N2C(S)N(c3cnc(C#N)c(C(F)(F)F)c3)C(=O)C23CCC3)ccc1OCCC1CC2CCC(C1)N2. The number of alkyl halides is 3. The summed E-state index contributed by atoms with van der Waals surface area (Å²) in [7, 11) is 0. The summed E-state index contributed by atoms with van der Waals surface area (Å²) in [5.74, 6) is 1.19. The van der Waals surface area contributed by atoms with Crippen LogP contribution in [0.25, 0.3) is 0 Å². The van der Waals surface area contributed by atoms with Gasteiger partial charge in [0.15, 0.2) is 11.2 Å². The van der Waals surface area contributed by atoms with Crippen molar-refractivity contribution in [1.29, 1.82) is 5.26 Å². The highest BCUT2D eigenvalue weighted by Crippen LogP contribution is 2.51. The summed E-state index contributed by atoms with van der Waals surface area (Å²) in [5, 5.41) is 12.8. The van der Waals surface area contributed by atoms with Gasteiger partial charge in [0.25, 0.3) is 5.91 Å². The Bertz CT molecular complexity index is 1360. The van der Waals surface area contributed by atoms with Gasteiger partial charge in [-0.2, -0.15) is 18.4 Å². The predicted octanol–water partition coefficient (Wildman–Crippen LogP) is 5.82. The molecule has 1 saturated carbocycles. The molecule has 1 aromatic carbocycles. The Morgan fingerprint density at radius 3 is 2.54 bits per heavy atom. The van der Waals surface area contributed by atoms with Gasteiger partial charge in [-0.1, -0.05) is 6.92 Å². The number of nitrogens with one attached hydrogen (secondary N) is 1. The smallest absolute Gasteiger partial charge is 0.419 e. The maximum Gasteiger partial charge on any atom is 0.419 e. The zero-order valence-corrected chi connectivity index (χ0v) is 23.8. The Balaban J connectivity index is 1.24. The average Bonchev–Trinajstić information content (AvgIpc) is 3.39. The number of amides is 1. The summed E-state index contributed by atoms with van der Waals surface area (Å²) in [5.41, 5.74) is -1.87. The van der Waals surface area contributed by atoms with Crippen molar-refractivity contribution in [3.63, 3.8) is 0 Å². The predicted molar refractivity (Wildman–Crippen MR) is 152 cm³/mol. The van der Waals surface area contributed by atoms with E-state index in [0.29, 0.717) is 37.5 Å². The number of rotatable bonds is 7. The molecular weight excluding hydrogens is 551 g/mol. The Kier molecular flexibility index (Phi) is 7.35. The first-order valence-electron chi connectivity index (χ1n) is 14.4. The van der Waals surface area contributed by atoms with E-state index < -0.39 is 28.5 Å². The van der Waals surface area contributed by atoms with E-state index in [9.17, 15) is 18.0 Å². The fourth-order valence-electron chi connectivity index (χ4n) is 7.14. The number of carbonyl (C=O) groups is 1. The van der Waals surface area contributed by atoms with Crippen molar-refractivity contribution in [3.8, 4) is 11.8 Å². The number of aromatic nitrogens is 1. The number of pyridine rings is 1. The molecule has 1 aromatic heterocycles. The third-order valence-corrected chi connectivity index (χ3v) is 9.80. The van der Waals surface area contributed by atoms with Crippen molar-refractivity contribution in [3.05, 3.63) is 47.3 Å². The molecule has 2 bridgehead atoms. The molecule has 3 unspecified atom stereocenters. The molecule has 6 rings (SSSR count). The van der Waals surface area contributed by atoms with E-state index in [4.69, 9.17) is 22.6 Å². The van der Waals surface area contributed by atoms with Gasteiger partial charge in [-0.15, -0.1) is 12.6 Å². The summed E-state index contributed by atoms with van der Waals surface area (Å²) in [6.07, 6.45) is 5.07. The molecule has 0 radical (unpaired) electrons. The second kappa shape index (κ2) is 10.7. The van der Waals surface area contributed by atoms with Gasteiger partial charge in [-0.25, -0.2) is 4.98 Å². The lowest BCUT2D eigenvalue weighted by atomic mass is 9.75. The Morgan fingerprint density at radius 2 is 1.93 bits per heavy atom. The second-order valence-electron chi connectivity index (χ2n) is 11.7. The molecule has 11 heteroatoms. The quantitative estimate of drug-likeness (QED) is 0.399. The normalized spacial score (nSPS) is 26.8. The van der Waals surface area contributed by atoms with Gasteiger partial charge in [0, 0.05) is 17.8 Å². The van der Waals surface area contributed by atoms with E-state index in [2.05, 4.69) is 17.2 Å². The Morgan fingerprint density at radius 1 is 1.20 bits per heavy atom. The highest BCUT2D eigenvalue weighted by molar-refractivity contribution is 7.81. The zero-order valence-electron chi connectivity index (χ0n) is 23.0. The number of ether oxygens (including phenoxy) is 1. The molecule has 3 atom stereocenters. The maximum atomic E-state index is 13.8. The van der Waals surface area contributed by atoms with E-state index in [-0.39, 0.29) is 11.6 Å². The van der Waals surface area contributed by atoms with Crippen LogP contribution in [0.4, 0.5) is 24.5 Å². The fourth-order valence-corrected chi connectivity index (χ4v) is 7.73. The number of nitriles is 1. The molecule has 3 saturated heterocycles. The lowest BCUT2D eigenvalue weighted by Gasteiger charge is -2.44. The number of carbonyl (C=O) groups excluding carboxylic acids is 1. The van der Waals surface area contributed by atoms with Crippen molar-refractivity contribution in [1.82, 2.24) is 10.3 Å². The minimum Gasteiger partial charge on any atom is -0.493 e. The van der Waals surface area contributed by atoms with Crippen molar-refractivity contribution in [2.45, 2.75) is 94.0 Å². The van der Waals surface area contributed by atoms with Gasteiger partial charge in [0.2, 0.25) is 0 Å². The molecule has 4 fully saturated rings. The third-order valence-electron chi connectivity index (χ3n) is 9.34. The van der Waals surface area contributed by atoms with Crippen LogP contribution in [0, 0.1) is 17.2 Å². The van der Waals surface area contributed by atoms with E-state index in [1.165, 1.54) is 36.7 Å². The molecule has 2 aromatic rings. The summed E-state index contributed by atoms with van der Waals surface area (Å²) >= 11 is 4.77. The largest absolute Gasteiger partial charge is 0.493 e. The Labute approximate surface area is 243 Å². The highest BCUT2D eigenvalue weighted by Gasteiger charge is 2.60. The monoisotopic (exact) mass is 585 g/mol. The van der Waals surface area contributed by atoms with Gasteiger partial charge in [0.1, 0.15) is 17.4 Å². The van der Waals surface area contributed by atoms with Crippen molar-refractivity contribution >= 4 is 29.9 Å². The van der Waals surface area contributed by atoms with Crippen LogP contribution < -0.4 is 19.9 Å². The van der Waals surface area contributed by atoms with Crippen LogP contribution in [0.15, 0.2) is 30.5 Å². The molecule has 4 heterocycles. The minimum atomic E-state index is -4.78. The lowest BCUT2D eigenvalue weighted by molar-refractivity contribution is -0.138. The zero-order chi connectivity index (χ0) is 28.9. The summed E-state index contributed by atoms with van der Waals surface area (Å²) < 4.78 is 47.3. The van der Waals surface area contributed by atoms with Gasteiger partial charge >= 0.3 is 6.18 Å². The van der Waals surface area contributed by atoms with Gasteiger partial charge in [0.05, 0.1) is 24.1 Å². The van der Waals surface area contributed by atoms with Crippen molar-refractivity contribution in [2.24, 2.45) is 5.92 Å². The molecule has 7 nitrogen and oxygen atoms in total. The molecular formula is C30H34F3N5O2S. The topological polar surface area (TPSA) is 81.5 Å². The standard InChI is InChI=1S/C30H34F3N5O2S/c1-2-19-14-22(6-7-26(19)40-11-8-18-12-20-4-5-21(13-18)36-20)38-28(41)37(27(39)29(38)9-3-10-29)23-15-24(30(31,32)33)25(16-34)35-17-23/h6-7,14-15,17-18,20-21,28,36,41H,2-5,8-13H2,1H3. The number of halogens is 3. The van der Waals surface area contributed by atoms with E-state index >= 15 is 0 Å². The minimum absolute atomic E-state index is 0.0304. The van der Waals surface area contributed by atoms with Crippen LogP contribution >= 0.6 is 12.6 Å². The van der Waals surface area contributed by atoms with Gasteiger partial charge < -0.3 is 15.0 Å². The first-order valence-corrected chi connectivity index (χ1v) is 15.0. The van der Waals surface area contributed by atoms with Crippen LogP contribution in [0.2, 0.25) is 0 Å². The fraction of sp³-hybridized carbons (Fsp3) is 0.567. The molecule has 1 aliphatic carbocycles. The molecule has 1 spiro atoms. The molecule has 1 N–H and O–H groups in total. The maximum absolute atomic E-state index is 13.8. The summed E-state index contributed by atoms with van der Waals surface area (Å²) in [4.78, 5) is 20.7. The number of piperidine rings is 1. The van der Waals surface area contributed by atoms with Crippen molar-refractivity contribution < 1.29 is 22.7 Å². The van der Waals surface area contributed by atoms with Gasteiger partial charge in [-0.05, 0) is 93.5 Å². The first-order chi connectivity index (χ1) is 19.6. The number of fused-ring (bicyclic) bond motifs is 2. The molecule has 1 amide bonds. The van der Waals surface area contributed by atoms with Crippen LogP contribution in [-0.2, 0) is 17.4 Å². The highest BCUT2D eigenvalue weighted by atomic mass is 32.1.